The molecular weight excluding hydrogens is 463 g/mol. The van der Waals surface area contributed by atoms with Gasteiger partial charge in [0.25, 0.3) is 5.91 Å². The Hall–Kier alpha value is -2.49. The van der Waals surface area contributed by atoms with E-state index in [4.69, 9.17) is 11.6 Å². The zero-order valence-electron chi connectivity index (χ0n) is 18.7. The number of hydrogen-bond donors (Lipinski definition) is 4. The summed E-state index contributed by atoms with van der Waals surface area (Å²) in [5.41, 5.74) is 2.53. The van der Waals surface area contributed by atoms with Gasteiger partial charge in [-0.2, -0.15) is 0 Å². The van der Waals surface area contributed by atoms with Gasteiger partial charge in [-0.1, -0.05) is 24.6 Å². The maximum atomic E-state index is 14.6. The standard InChI is InChI=1S/C23H28ClFN6OS/c1-3-14(30-15-6-7-15)11-28-16-5-4-13(17(25)10-16)8-9-27-22(32)21-19(26-2)20-23(33-21)31-18(24)12-29-20/h4-5,10,12,14-15,26,28,30H,3,6-9,11H2,1-2H3,(H,27,32)/t14-/m0/s1. The van der Waals surface area contributed by atoms with Crippen LogP contribution in [0.15, 0.2) is 24.4 Å². The number of aromatic nitrogens is 2. The van der Waals surface area contributed by atoms with Crippen molar-refractivity contribution in [2.45, 2.75) is 44.7 Å². The molecule has 0 radical (unpaired) electrons. The lowest BCUT2D eigenvalue weighted by atomic mass is 10.1. The summed E-state index contributed by atoms with van der Waals surface area (Å²) in [6, 6.07) is 6.21. The predicted octanol–water partition coefficient (Wildman–Crippen LogP) is 4.44. The zero-order valence-corrected chi connectivity index (χ0v) is 20.2. The van der Waals surface area contributed by atoms with Crippen molar-refractivity contribution in [2.24, 2.45) is 0 Å². The number of benzene rings is 1. The molecule has 176 valence electrons. The number of rotatable bonds is 11. The number of amides is 1. The lowest BCUT2D eigenvalue weighted by Crippen LogP contribution is -2.36. The van der Waals surface area contributed by atoms with Crippen LogP contribution in [0.2, 0.25) is 5.15 Å². The van der Waals surface area contributed by atoms with Crippen molar-refractivity contribution in [2.75, 3.05) is 30.8 Å². The summed E-state index contributed by atoms with van der Waals surface area (Å²) in [6.45, 7) is 3.23. The SMILES string of the molecule is CC[C@@H](CNc1ccc(CCNC(=O)c2sc3nc(Cl)cnc3c2NC)c(F)c1)NC1CC1. The summed E-state index contributed by atoms with van der Waals surface area (Å²) in [6.07, 6.45) is 5.36. The molecule has 3 aromatic rings. The fraction of sp³-hybridized carbons (Fsp3) is 0.435. The molecule has 0 unspecified atom stereocenters. The zero-order chi connectivity index (χ0) is 23.4. The smallest absolute Gasteiger partial charge is 0.263 e. The summed E-state index contributed by atoms with van der Waals surface area (Å²) in [5.74, 6) is -0.536. The molecule has 1 saturated carbocycles. The van der Waals surface area contributed by atoms with Crippen LogP contribution in [0.25, 0.3) is 10.3 Å². The number of nitrogens with one attached hydrogen (secondary N) is 4. The highest BCUT2D eigenvalue weighted by molar-refractivity contribution is 7.21. The third kappa shape index (κ3) is 5.90. The maximum Gasteiger partial charge on any atom is 0.263 e. The molecule has 1 aromatic carbocycles. The predicted molar refractivity (Wildman–Crippen MR) is 133 cm³/mol. The van der Waals surface area contributed by atoms with Crippen LogP contribution < -0.4 is 21.3 Å². The number of fused-ring (bicyclic) bond motifs is 1. The summed E-state index contributed by atoms with van der Waals surface area (Å²) in [7, 11) is 1.73. The highest BCUT2D eigenvalue weighted by atomic mass is 35.5. The van der Waals surface area contributed by atoms with E-state index in [1.54, 1.807) is 13.1 Å². The molecule has 0 saturated heterocycles. The Morgan fingerprint density at radius 3 is 2.88 bits per heavy atom. The molecule has 4 rings (SSSR count). The van der Waals surface area contributed by atoms with E-state index in [1.165, 1.54) is 36.4 Å². The second kappa shape index (κ2) is 10.6. The lowest BCUT2D eigenvalue weighted by molar-refractivity contribution is 0.0959. The van der Waals surface area contributed by atoms with Crippen LogP contribution in [0.4, 0.5) is 15.8 Å². The molecule has 1 aliphatic rings. The van der Waals surface area contributed by atoms with E-state index in [2.05, 4.69) is 38.2 Å². The largest absolute Gasteiger partial charge is 0.385 e. The van der Waals surface area contributed by atoms with Crippen LogP contribution in [0, 0.1) is 5.82 Å². The molecule has 7 nitrogen and oxygen atoms in total. The number of carbonyl (C=O) groups is 1. The fourth-order valence-corrected chi connectivity index (χ4v) is 4.88. The van der Waals surface area contributed by atoms with E-state index in [0.717, 1.165) is 18.7 Å². The lowest BCUT2D eigenvalue weighted by Gasteiger charge is -2.18. The van der Waals surface area contributed by atoms with Crippen molar-refractivity contribution in [1.29, 1.82) is 0 Å². The van der Waals surface area contributed by atoms with Gasteiger partial charge < -0.3 is 21.3 Å². The second-order valence-electron chi connectivity index (χ2n) is 8.14. The van der Waals surface area contributed by atoms with Crippen molar-refractivity contribution in [1.82, 2.24) is 20.6 Å². The highest BCUT2D eigenvalue weighted by Crippen LogP contribution is 2.33. The average Bonchev–Trinajstić information content (AvgIpc) is 3.55. The number of anilines is 2. The van der Waals surface area contributed by atoms with Gasteiger partial charge in [0.1, 0.15) is 26.2 Å². The first-order chi connectivity index (χ1) is 16.0. The molecule has 4 N–H and O–H groups in total. The Morgan fingerprint density at radius 1 is 1.36 bits per heavy atom. The first-order valence-corrected chi connectivity index (χ1v) is 12.4. The molecule has 2 aromatic heterocycles. The first-order valence-electron chi connectivity index (χ1n) is 11.2. The summed E-state index contributed by atoms with van der Waals surface area (Å²) in [4.78, 5) is 22.3. The van der Waals surface area contributed by atoms with Gasteiger partial charge in [0, 0.05) is 37.9 Å². The van der Waals surface area contributed by atoms with Gasteiger partial charge in [-0.3, -0.25) is 4.79 Å². The molecule has 10 heteroatoms. The Balaban J connectivity index is 1.32. The number of nitrogens with zero attached hydrogens (tertiary/aromatic N) is 2. The summed E-state index contributed by atoms with van der Waals surface area (Å²) in [5, 5.41) is 13.1. The Labute approximate surface area is 201 Å². The Morgan fingerprint density at radius 2 is 2.18 bits per heavy atom. The molecule has 33 heavy (non-hydrogen) atoms. The van der Waals surface area contributed by atoms with Gasteiger partial charge in [0.05, 0.1) is 11.9 Å². The third-order valence-corrected chi connectivity index (χ3v) is 6.91. The van der Waals surface area contributed by atoms with Gasteiger partial charge in [0.15, 0.2) is 0 Å². The molecule has 0 bridgehead atoms. The Kier molecular flexibility index (Phi) is 7.62. The van der Waals surface area contributed by atoms with E-state index in [1.807, 2.05) is 6.07 Å². The Bertz CT molecular complexity index is 1140. The number of carbonyl (C=O) groups excluding carboxylic acids is 1. The van der Waals surface area contributed by atoms with Gasteiger partial charge in [-0.05, 0) is 43.4 Å². The minimum Gasteiger partial charge on any atom is -0.385 e. The molecule has 1 amide bonds. The third-order valence-electron chi connectivity index (χ3n) is 5.66. The van der Waals surface area contributed by atoms with Crippen molar-refractivity contribution in [3.63, 3.8) is 0 Å². The summed E-state index contributed by atoms with van der Waals surface area (Å²) >= 11 is 7.13. The number of halogens is 2. The maximum absolute atomic E-state index is 14.6. The topological polar surface area (TPSA) is 91.0 Å². The first kappa shape index (κ1) is 23.7. The van der Waals surface area contributed by atoms with Crippen LogP contribution in [-0.2, 0) is 6.42 Å². The molecule has 0 spiro atoms. The average molecular weight is 491 g/mol. The van der Waals surface area contributed by atoms with Crippen molar-refractivity contribution in [3.05, 3.63) is 45.8 Å². The van der Waals surface area contributed by atoms with E-state index in [9.17, 15) is 9.18 Å². The molecule has 1 fully saturated rings. The van der Waals surface area contributed by atoms with Gasteiger partial charge in [-0.15, -0.1) is 11.3 Å². The normalized spacial score (nSPS) is 14.3. The van der Waals surface area contributed by atoms with Gasteiger partial charge in [0.2, 0.25) is 0 Å². The van der Waals surface area contributed by atoms with E-state index in [0.29, 0.717) is 51.5 Å². The number of thiophene rings is 1. The van der Waals surface area contributed by atoms with E-state index >= 15 is 0 Å². The summed E-state index contributed by atoms with van der Waals surface area (Å²) < 4.78 is 14.6. The molecular formula is C23H28ClFN6OS. The van der Waals surface area contributed by atoms with E-state index in [-0.39, 0.29) is 16.9 Å². The van der Waals surface area contributed by atoms with Gasteiger partial charge in [-0.25, -0.2) is 14.4 Å². The minimum absolute atomic E-state index is 0.257. The number of hydrogen-bond acceptors (Lipinski definition) is 7. The van der Waals surface area contributed by atoms with Crippen LogP contribution >= 0.6 is 22.9 Å². The van der Waals surface area contributed by atoms with Crippen molar-refractivity contribution < 1.29 is 9.18 Å². The monoisotopic (exact) mass is 490 g/mol. The molecule has 1 aliphatic carbocycles. The van der Waals surface area contributed by atoms with Crippen molar-refractivity contribution in [3.8, 4) is 0 Å². The highest BCUT2D eigenvalue weighted by Gasteiger charge is 2.23. The van der Waals surface area contributed by atoms with E-state index < -0.39 is 0 Å². The molecule has 2 heterocycles. The van der Waals surface area contributed by atoms with Gasteiger partial charge >= 0.3 is 0 Å². The van der Waals surface area contributed by atoms with Crippen LogP contribution in [0.1, 0.15) is 41.4 Å². The van der Waals surface area contributed by atoms with Crippen molar-refractivity contribution >= 4 is 50.6 Å². The quantitative estimate of drug-likeness (QED) is 0.317. The fourth-order valence-electron chi connectivity index (χ4n) is 3.64. The van der Waals surface area contributed by atoms with Crippen LogP contribution in [0.5, 0.6) is 0 Å². The minimum atomic E-state index is -0.279. The van der Waals surface area contributed by atoms with Crippen LogP contribution in [-0.4, -0.2) is 48.1 Å². The second-order valence-corrected chi connectivity index (χ2v) is 9.53. The molecule has 0 aliphatic heterocycles. The molecule has 1 atom stereocenters. The van der Waals surface area contributed by atoms with Crippen LogP contribution in [0.3, 0.4) is 0 Å².